The van der Waals surface area contributed by atoms with Gasteiger partial charge in [-0.05, 0) is 12.2 Å². The molecule has 3 nitrogen and oxygen atoms in total. The van der Waals surface area contributed by atoms with Gasteiger partial charge in [0.2, 0.25) is 0 Å². The highest BCUT2D eigenvalue weighted by atomic mass is 32.2. The number of hydrogen-bond acceptors (Lipinski definition) is 4. The Bertz CT molecular complexity index is 96.3. The van der Waals surface area contributed by atoms with Crippen LogP contribution in [0.4, 0.5) is 0 Å². The van der Waals surface area contributed by atoms with Crippen molar-refractivity contribution >= 4 is 36.6 Å². The van der Waals surface area contributed by atoms with Gasteiger partial charge in [0.15, 0.2) is 0 Å². The predicted octanol–water partition coefficient (Wildman–Crippen LogP) is 0.715. The van der Waals surface area contributed by atoms with Crippen LogP contribution in [0.5, 0.6) is 0 Å². The smallest absolute Gasteiger partial charge is 0.284 e. The summed E-state index contributed by atoms with van der Waals surface area (Å²) in [5, 5.41) is 0. The van der Waals surface area contributed by atoms with Gasteiger partial charge < -0.3 is 0 Å². The highest BCUT2D eigenvalue weighted by molar-refractivity contribution is 7.82. The summed E-state index contributed by atoms with van der Waals surface area (Å²) in [7, 11) is 0. The fraction of sp³-hybridized carbons (Fsp3) is 1.00. The van der Waals surface area contributed by atoms with Gasteiger partial charge in [0, 0.05) is 0 Å². The lowest BCUT2D eigenvalue weighted by molar-refractivity contribution is 0.281. The molecule has 0 saturated carbocycles. The van der Waals surface area contributed by atoms with Crippen molar-refractivity contribution in [3.63, 3.8) is 0 Å². The first-order valence-corrected chi connectivity index (χ1v) is 4.41. The van der Waals surface area contributed by atoms with Crippen molar-refractivity contribution in [1.29, 1.82) is 0 Å². The van der Waals surface area contributed by atoms with Gasteiger partial charge in [-0.1, -0.05) is 0 Å². The van der Waals surface area contributed by atoms with Crippen LogP contribution in [-0.2, 0) is 15.5 Å². The van der Waals surface area contributed by atoms with Crippen LogP contribution in [0.2, 0.25) is 0 Å². The summed E-state index contributed by atoms with van der Waals surface area (Å²) >= 11 is 5.49. The SMILES string of the molecule is O=S(O)OC(S)CCS. The molecule has 56 valence electrons. The van der Waals surface area contributed by atoms with Crippen molar-refractivity contribution in [2.75, 3.05) is 5.75 Å². The second kappa shape index (κ2) is 5.55. The summed E-state index contributed by atoms with van der Waals surface area (Å²) < 4.78 is 22.4. The Morgan fingerprint density at radius 3 is 2.67 bits per heavy atom. The molecule has 1 N–H and O–H groups in total. The van der Waals surface area contributed by atoms with Crippen molar-refractivity contribution in [3.05, 3.63) is 0 Å². The molecule has 0 rings (SSSR count). The maximum absolute atomic E-state index is 9.90. The van der Waals surface area contributed by atoms with E-state index in [1.807, 2.05) is 0 Å². The highest BCUT2D eigenvalue weighted by Gasteiger charge is 2.03. The first-order chi connectivity index (χ1) is 4.16. The van der Waals surface area contributed by atoms with Crippen molar-refractivity contribution in [2.45, 2.75) is 11.9 Å². The maximum atomic E-state index is 9.90. The zero-order chi connectivity index (χ0) is 7.28. The zero-order valence-corrected chi connectivity index (χ0v) is 7.16. The fourth-order valence-corrected chi connectivity index (χ4v) is 1.33. The van der Waals surface area contributed by atoms with E-state index in [1.165, 1.54) is 0 Å². The van der Waals surface area contributed by atoms with Gasteiger partial charge in [0.1, 0.15) is 5.44 Å². The monoisotopic (exact) mass is 188 g/mol. The molecule has 0 aliphatic carbocycles. The summed E-state index contributed by atoms with van der Waals surface area (Å²) in [6.07, 6.45) is 0.554. The van der Waals surface area contributed by atoms with Gasteiger partial charge in [-0.25, -0.2) is 0 Å². The van der Waals surface area contributed by atoms with E-state index < -0.39 is 16.8 Å². The van der Waals surface area contributed by atoms with Crippen molar-refractivity contribution in [3.8, 4) is 0 Å². The second-order valence-electron chi connectivity index (χ2n) is 1.28. The minimum absolute atomic E-state index is 0.492. The minimum atomic E-state index is -2.21. The van der Waals surface area contributed by atoms with Gasteiger partial charge in [0.25, 0.3) is 0 Å². The Kier molecular flexibility index (Phi) is 6.02. The van der Waals surface area contributed by atoms with E-state index >= 15 is 0 Å². The summed E-state index contributed by atoms with van der Waals surface area (Å²) in [5.41, 5.74) is -0.492. The molecular weight excluding hydrogens is 180 g/mol. The molecule has 0 amide bonds. The summed E-state index contributed by atoms with van der Waals surface area (Å²) in [6, 6.07) is 0. The molecule has 0 aromatic carbocycles. The molecule has 0 radical (unpaired) electrons. The third-order valence-corrected chi connectivity index (χ3v) is 1.73. The van der Waals surface area contributed by atoms with Crippen LogP contribution in [0.25, 0.3) is 0 Å². The number of thiol groups is 2. The largest absolute Gasteiger partial charge is 0.303 e. The van der Waals surface area contributed by atoms with E-state index in [4.69, 9.17) is 4.55 Å². The molecule has 2 unspecified atom stereocenters. The molecule has 2 atom stereocenters. The van der Waals surface area contributed by atoms with Crippen molar-refractivity contribution < 1.29 is 12.9 Å². The second-order valence-corrected chi connectivity index (χ2v) is 2.93. The number of rotatable bonds is 4. The molecule has 0 aliphatic rings. The van der Waals surface area contributed by atoms with Crippen molar-refractivity contribution in [2.24, 2.45) is 0 Å². The quantitative estimate of drug-likeness (QED) is 0.346. The molecular formula is C3H8O3S3. The molecule has 0 aromatic heterocycles. The summed E-state index contributed by atoms with van der Waals surface area (Å²) in [4.78, 5) is 0. The Hall–Kier alpha value is 0.770. The Labute approximate surface area is 67.5 Å². The van der Waals surface area contributed by atoms with E-state index in [0.717, 1.165) is 0 Å². The standard InChI is InChI=1S/C3H8O3S3/c4-9(5)6-3(8)1-2-7/h3,7-8H,1-2H2,(H,4,5). The Morgan fingerprint density at radius 2 is 2.33 bits per heavy atom. The minimum Gasteiger partial charge on any atom is -0.284 e. The van der Waals surface area contributed by atoms with Crippen LogP contribution < -0.4 is 0 Å². The van der Waals surface area contributed by atoms with E-state index in [0.29, 0.717) is 12.2 Å². The van der Waals surface area contributed by atoms with Gasteiger partial charge >= 0.3 is 11.4 Å². The lowest BCUT2D eigenvalue weighted by Gasteiger charge is -2.04. The molecule has 0 aliphatic heterocycles. The normalized spacial score (nSPS) is 17.2. The van der Waals surface area contributed by atoms with Crippen LogP contribution in [-0.4, -0.2) is 20.0 Å². The molecule has 9 heavy (non-hydrogen) atoms. The Morgan fingerprint density at radius 1 is 1.78 bits per heavy atom. The average Bonchev–Trinajstić information content (AvgIpc) is 1.63. The lowest BCUT2D eigenvalue weighted by Crippen LogP contribution is -2.07. The van der Waals surface area contributed by atoms with Crippen LogP contribution in [0.15, 0.2) is 0 Å². The van der Waals surface area contributed by atoms with Crippen LogP contribution in [0.1, 0.15) is 6.42 Å². The first kappa shape index (κ1) is 9.77. The number of hydrogen-bond donors (Lipinski definition) is 3. The van der Waals surface area contributed by atoms with Gasteiger partial charge in [-0.15, -0.1) is 12.6 Å². The predicted molar refractivity (Wildman–Crippen MR) is 43.1 cm³/mol. The van der Waals surface area contributed by atoms with Crippen LogP contribution in [0, 0.1) is 0 Å². The van der Waals surface area contributed by atoms with E-state index in [2.05, 4.69) is 29.4 Å². The van der Waals surface area contributed by atoms with Crippen molar-refractivity contribution in [1.82, 2.24) is 0 Å². The van der Waals surface area contributed by atoms with Crippen LogP contribution in [0.3, 0.4) is 0 Å². The third kappa shape index (κ3) is 6.66. The topological polar surface area (TPSA) is 46.5 Å². The summed E-state index contributed by atoms with van der Waals surface area (Å²) in [6.45, 7) is 0. The average molecular weight is 188 g/mol. The first-order valence-electron chi connectivity index (χ1n) is 2.23. The van der Waals surface area contributed by atoms with E-state index in [9.17, 15) is 4.21 Å². The van der Waals surface area contributed by atoms with Gasteiger partial charge in [-0.2, -0.15) is 16.8 Å². The molecule has 0 bridgehead atoms. The van der Waals surface area contributed by atoms with Crippen LogP contribution >= 0.6 is 25.3 Å². The molecule has 6 heteroatoms. The third-order valence-electron chi connectivity index (χ3n) is 0.569. The molecule has 0 heterocycles. The van der Waals surface area contributed by atoms with E-state index in [-0.39, 0.29) is 0 Å². The van der Waals surface area contributed by atoms with Gasteiger partial charge in [-0.3, -0.25) is 8.74 Å². The summed E-state index contributed by atoms with van der Waals surface area (Å²) in [5.74, 6) is 0.589. The zero-order valence-electron chi connectivity index (χ0n) is 4.56. The molecule has 0 saturated heterocycles. The fourth-order valence-electron chi connectivity index (χ4n) is 0.254. The molecule has 0 aromatic rings. The Balaban J connectivity index is 3.26. The highest BCUT2D eigenvalue weighted by Crippen LogP contribution is 2.04. The molecule has 0 spiro atoms. The maximum Gasteiger partial charge on any atom is 0.303 e. The van der Waals surface area contributed by atoms with Gasteiger partial charge in [0.05, 0.1) is 0 Å². The molecule has 0 fully saturated rings. The lowest BCUT2D eigenvalue weighted by atomic mass is 10.5. The van der Waals surface area contributed by atoms with E-state index in [1.54, 1.807) is 0 Å².